The Hall–Kier alpha value is -1.40. The number of nitrogens with zero attached hydrogens (tertiary/aromatic N) is 5. The highest BCUT2D eigenvalue weighted by Crippen LogP contribution is 2.27. The van der Waals surface area contributed by atoms with Crippen molar-refractivity contribution in [1.82, 2.24) is 19.6 Å². The molecule has 0 N–H and O–H groups in total. The zero-order valence-corrected chi connectivity index (χ0v) is 11.1. The maximum atomic E-state index is 6.17. The Morgan fingerprint density at radius 3 is 3.11 bits per heavy atom. The van der Waals surface area contributed by atoms with Crippen LogP contribution in [0.5, 0.6) is 0 Å². The van der Waals surface area contributed by atoms with E-state index in [4.69, 9.17) is 16.3 Å². The third-order valence-corrected chi connectivity index (χ3v) is 3.58. The van der Waals surface area contributed by atoms with E-state index in [0.29, 0.717) is 24.1 Å². The molecule has 96 valence electrons. The first-order chi connectivity index (χ1) is 8.68. The molecule has 1 saturated heterocycles. The fraction of sp³-hybridized carbons (Fsp3) is 0.545. The number of morpholine rings is 1. The van der Waals surface area contributed by atoms with E-state index in [1.54, 1.807) is 4.52 Å². The molecule has 6 nitrogen and oxygen atoms in total. The van der Waals surface area contributed by atoms with Gasteiger partial charge in [0.1, 0.15) is 17.3 Å². The van der Waals surface area contributed by atoms with E-state index in [-0.39, 0.29) is 6.04 Å². The molecule has 3 rings (SSSR count). The number of ether oxygens (including phenoxy) is 1. The summed E-state index contributed by atoms with van der Waals surface area (Å²) >= 11 is 6.17. The van der Waals surface area contributed by atoms with Gasteiger partial charge in [0.25, 0.3) is 5.78 Å². The van der Waals surface area contributed by atoms with Gasteiger partial charge in [-0.3, -0.25) is 0 Å². The van der Waals surface area contributed by atoms with Gasteiger partial charge < -0.3 is 9.64 Å². The third-order valence-electron chi connectivity index (χ3n) is 3.21. The molecule has 1 fully saturated rings. The Labute approximate surface area is 110 Å². The summed E-state index contributed by atoms with van der Waals surface area (Å²) in [6.07, 6.45) is 1.49. The molecule has 2 aromatic heterocycles. The van der Waals surface area contributed by atoms with Crippen LogP contribution in [0.1, 0.15) is 12.5 Å². The molecule has 3 heterocycles. The van der Waals surface area contributed by atoms with E-state index in [9.17, 15) is 0 Å². The molecule has 0 bridgehead atoms. The highest BCUT2D eigenvalue weighted by molar-refractivity contribution is 6.30. The van der Waals surface area contributed by atoms with Gasteiger partial charge >= 0.3 is 0 Å². The second-order valence-corrected chi connectivity index (χ2v) is 4.80. The summed E-state index contributed by atoms with van der Waals surface area (Å²) in [7, 11) is 0. The summed E-state index contributed by atoms with van der Waals surface area (Å²) in [5.74, 6) is 1.48. The second-order valence-electron chi connectivity index (χ2n) is 4.44. The molecule has 1 aliphatic heterocycles. The van der Waals surface area contributed by atoms with Gasteiger partial charge in [-0.15, -0.1) is 0 Å². The summed E-state index contributed by atoms with van der Waals surface area (Å²) in [6.45, 7) is 6.30. The Morgan fingerprint density at radius 1 is 1.50 bits per heavy atom. The average molecular weight is 268 g/mol. The molecule has 1 unspecified atom stereocenters. The molecular formula is C11H14ClN5O. The quantitative estimate of drug-likeness (QED) is 0.729. The van der Waals surface area contributed by atoms with E-state index in [0.717, 1.165) is 17.9 Å². The minimum absolute atomic E-state index is 0.281. The maximum absolute atomic E-state index is 6.17. The molecule has 7 heteroatoms. The van der Waals surface area contributed by atoms with E-state index < -0.39 is 0 Å². The van der Waals surface area contributed by atoms with Crippen molar-refractivity contribution in [2.24, 2.45) is 0 Å². The van der Waals surface area contributed by atoms with Gasteiger partial charge in [-0.2, -0.15) is 19.6 Å². The van der Waals surface area contributed by atoms with Crippen molar-refractivity contribution < 1.29 is 4.74 Å². The Kier molecular flexibility index (Phi) is 2.83. The Bertz CT molecular complexity index is 584. The first-order valence-corrected chi connectivity index (χ1v) is 6.26. The summed E-state index contributed by atoms with van der Waals surface area (Å²) < 4.78 is 7.20. The number of rotatable bonds is 1. The molecule has 1 atom stereocenters. The molecule has 0 saturated carbocycles. The SMILES string of the molecule is Cc1c(Cl)nc2ncnn2c1N1CCOCC1C. The highest BCUT2D eigenvalue weighted by atomic mass is 35.5. The number of fused-ring (bicyclic) bond motifs is 1. The van der Waals surface area contributed by atoms with Gasteiger partial charge in [0, 0.05) is 12.1 Å². The van der Waals surface area contributed by atoms with Crippen LogP contribution in [0.3, 0.4) is 0 Å². The van der Waals surface area contributed by atoms with E-state index in [2.05, 4.69) is 26.9 Å². The van der Waals surface area contributed by atoms with Crippen molar-refractivity contribution in [2.75, 3.05) is 24.7 Å². The summed E-state index contributed by atoms with van der Waals surface area (Å²) in [6, 6.07) is 0.281. The lowest BCUT2D eigenvalue weighted by Gasteiger charge is -2.35. The fourth-order valence-corrected chi connectivity index (χ4v) is 2.42. The lowest BCUT2D eigenvalue weighted by molar-refractivity contribution is 0.0982. The molecular weight excluding hydrogens is 254 g/mol. The van der Waals surface area contributed by atoms with Gasteiger partial charge in [0.15, 0.2) is 0 Å². The van der Waals surface area contributed by atoms with Crippen LogP contribution in [0, 0.1) is 6.92 Å². The van der Waals surface area contributed by atoms with Gasteiger partial charge in [-0.05, 0) is 13.8 Å². The largest absolute Gasteiger partial charge is 0.377 e. The predicted octanol–water partition coefficient (Wildman–Crippen LogP) is 1.31. The molecule has 0 aromatic carbocycles. The number of hydrogen-bond donors (Lipinski definition) is 0. The standard InChI is InChI=1S/C11H14ClN5O/c1-7-5-18-4-3-16(7)10-8(2)9(12)15-11-13-6-14-17(10)11/h6-7H,3-5H2,1-2H3. The summed E-state index contributed by atoms with van der Waals surface area (Å²) in [5, 5.41) is 4.71. The van der Waals surface area contributed by atoms with Crippen LogP contribution in [0.25, 0.3) is 5.78 Å². The van der Waals surface area contributed by atoms with Crippen molar-refractivity contribution >= 4 is 23.2 Å². The molecule has 0 spiro atoms. The van der Waals surface area contributed by atoms with Gasteiger partial charge in [0.05, 0.1) is 19.3 Å². The Balaban J connectivity index is 2.19. The number of aromatic nitrogens is 4. The minimum atomic E-state index is 0.281. The first-order valence-electron chi connectivity index (χ1n) is 5.88. The molecule has 0 aliphatic carbocycles. The molecule has 0 amide bonds. The Morgan fingerprint density at radius 2 is 2.33 bits per heavy atom. The highest BCUT2D eigenvalue weighted by Gasteiger charge is 2.25. The zero-order valence-electron chi connectivity index (χ0n) is 10.3. The zero-order chi connectivity index (χ0) is 12.7. The van der Waals surface area contributed by atoms with Crippen molar-refractivity contribution in [3.8, 4) is 0 Å². The summed E-state index contributed by atoms with van der Waals surface area (Å²) in [4.78, 5) is 10.6. The normalized spacial score (nSPS) is 20.6. The number of anilines is 1. The summed E-state index contributed by atoms with van der Waals surface area (Å²) in [5.41, 5.74) is 0.920. The van der Waals surface area contributed by atoms with Crippen molar-refractivity contribution in [3.63, 3.8) is 0 Å². The lowest BCUT2D eigenvalue weighted by Crippen LogP contribution is -2.45. The van der Waals surface area contributed by atoms with Crippen LogP contribution in [0.4, 0.5) is 5.82 Å². The van der Waals surface area contributed by atoms with Crippen LogP contribution in [0.2, 0.25) is 5.15 Å². The van der Waals surface area contributed by atoms with E-state index in [1.807, 2.05) is 6.92 Å². The van der Waals surface area contributed by atoms with Crippen molar-refractivity contribution in [2.45, 2.75) is 19.9 Å². The predicted molar refractivity (Wildman–Crippen MR) is 68.2 cm³/mol. The number of hydrogen-bond acceptors (Lipinski definition) is 5. The number of halogens is 1. The second kappa shape index (κ2) is 4.37. The maximum Gasteiger partial charge on any atom is 0.255 e. The fourth-order valence-electron chi connectivity index (χ4n) is 2.26. The van der Waals surface area contributed by atoms with Crippen LogP contribution in [0.15, 0.2) is 6.33 Å². The lowest BCUT2D eigenvalue weighted by atomic mass is 10.2. The van der Waals surface area contributed by atoms with E-state index in [1.165, 1.54) is 6.33 Å². The topological polar surface area (TPSA) is 55.5 Å². The smallest absolute Gasteiger partial charge is 0.255 e. The molecule has 0 radical (unpaired) electrons. The average Bonchev–Trinajstić information content (AvgIpc) is 2.80. The van der Waals surface area contributed by atoms with Crippen LogP contribution in [-0.2, 0) is 4.74 Å². The van der Waals surface area contributed by atoms with Crippen LogP contribution in [-0.4, -0.2) is 45.4 Å². The van der Waals surface area contributed by atoms with Crippen molar-refractivity contribution in [3.05, 3.63) is 17.0 Å². The van der Waals surface area contributed by atoms with Gasteiger partial charge in [-0.1, -0.05) is 11.6 Å². The monoisotopic (exact) mass is 267 g/mol. The first kappa shape index (κ1) is 11.7. The van der Waals surface area contributed by atoms with E-state index >= 15 is 0 Å². The molecule has 18 heavy (non-hydrogen) atoms. The molecule has 2 aromatic rings. The van der Waals surface area contributed by atoms with Crippen LogP contribution >= 0.6 is 11.6 Å². The van der Waals surface area contributed by atoms with Crippen LogP contribution < -0.4 is 4.90 Å². The van der Waals surface area contributed by atoms with Gasteiger partial charge in [-0.25, -0.2) is 0 Å². The minimum Gasteiger partial charge on any atom is -0.377 e. The third kappa shape index (κ3) is 1.72. The molecule has 1 aliphatic rings. The van der Waals surface area contributed by atoms with Gasteiger partial charge in [0.2, 0.25) is 0 Å². The van der Waals surface area contributed by atoms with Crippen molar-refractivity contribution in [1.29, 1.82) is 0 Å².